The van der Waals surface area contributed by atoms with E-state index >= 15 is 0 Å². The predicted molar refractivity (Wildman–Crippen MR) is 81.6 cm³/mol. The Bertz CT molecular complexity index is 388. The van der Waals surface area contributed by atoms with Crippen LogP contribution < -0.4 is 4.72 Å². The molecule has 6 heteroatoms. The quantitative estimate of drug-likeness (QED) is 0.772. The van der Waals surface area contributed by atoms with Crippen LogP contribution in [0.3, 0.4) is 0 Å². The van der Waals surface area contributed by atoms with Gasteiger partial charge in [-0.3, -0.25) is 0 Å². The molecule has 1 heterocycles. The van der Waals surface area contributed by atoms with Crippen LogP contribution in [0.4, 0.5) is 0 Å². The minimum Gasteiger partial charge on any atom is -0.202 e. The maximum atomic E-state index is 12.4. The molecule has 0 aromatic rings. The molecule has 1 N–H and O–H groups in total. The number of rotatable bonds is 5. The van der Waals surface area contributed by atoms with Crippen molar-refractivity contribution < 1.29 is 8.42 Å². The molecule has 1 saturated heterocycles. The van der Waals surface area contributed by atoms with Crippen LogP contribution in [0.15, 0.2) is 0 Å². The zero-order chi connectivity index (χ0) is 13.9. The van der Waals surface area contributed by atoms with Gasteiger partial charge in [0.15, 0.2) is 0 Å². The van der Waals surface area contributed by atoms with E-state index in [1.54, 1.807) is 4.31 Å². The minimum absolute atomic E-state index is 0.141. The number of halogens is 1. The first-order valence-corrected chi connectivity index (χ1v) is 9.93. The molecule has 0 spiro atoms. The minimum atomic E-state index is -3.28. The van der Waals surface area contributed by atoms with E-state index in [0.29, 0.717) is 24.9 Å². The summed E-state index contributed by atoms with van der Waals surface area (Å²) in [7, 11) is -3.28. The summed E-state index contributed by atoms with van der Waals surface area (Å²) in [6.07, 6.45) is 6.70. The number of piperidine rings is 1. The molecule has 3 unspecified atom stereocenters. The molecular weight excluding hydrogens is 328 g/mol. The van der Waals surface area contributed by atoms with Gasteiger partial charge in [0, 0.05) is 24.5 Å². The van der Waals surface area contributed by atoms with Gasteiger partial charge in [0.05, 0.1) is 0 Å². The van der Waals surface area contributed by atoms with Crippen LogP contribution in [0, 0.1) is 11.8 Å². The molecule has 4 nitrogen and oxygen atoms in total. The van der Waals surface area contributed by atoms with Gasteiger partial charge in [-0.15, -0.1) is 0 Å². The van der Waals surface area contributed by atoms with Crippen LogP contribution in [0.2, 0.25) is 0 Å². The maximum Gasteiger partial charge on any atom is 0.279 e. The van der Waals surface area contributed by atoms with Gasteiger partial charge in [-0.05, 0) is 44.4 Å². The summed E-state index contributed by atoms with van der Waals surface area (Å²) in [6, 6.07) is 0.141. The highest BCUT2D eigenvalue weighted by Gasteiger charge is 2.32. The Hall–Kier alpha value is 0.350. The summed E-state index contributed by atoms with van der Waals surface area (Å²) in [4.78, 5) is 0. The van der Waals surface area contributed by atoms with Gasteiger partial charge < -0.3 is 0 Å². The number of nitrogens with one attached hydrogen (secondary N) is 1. The van der Waals surface area contributed by atoms with Crippen molar-refractivity contribution in [3.8, 4) is 0 Å². The molecule has 3 atom stereocenters. The lowest BCUT2D eigenvalue weighted by atomic mass is 9.99. The molecule has 1 aliphatic heterocycles. The lowest BCUT2D eigenvalue weighted by molar-refractivity contribution is 0.263. The molecule has 2 rings (SSSR count). The lowest BCUT2D eigenvalue weighted by Crippen LogP contribution is -2.49. The van der Waals surface area contributed by atoms with Gasteiger partial charge in [0.2, 0.25) is 0 Å². The molecule has 0 bridgehead atoms. The van der Waals surface area contributed by atoms with Crippen LogP contribution in [-0.4, -0.2) is 37.2 Å². The molecule has 19 heavy (non-hydrogen) atoms. The van der Waals surface area contributed by atoms with Crippen LogP contribution in [0.5, 0.6) is 0 Å². The standard InChI is InChI=1S/C13H25BrN2O2S/c1-11-5-2-3-8-16(11)19(17,18)15-10-13-7-4-6-12(13)9-14/h11-13,15H,2-10H2,1H3. The van der Waals surface area contributed by atoms with Crippen molar-refractivity contribution in [3.63, 3.8) is 0 Å². The van der Waals surface area contributed by atoms with E-state index in [9.17, 15) is 8.42 Å². The molecule has 2 aliphatic rings. The van der Waals surface area contributed by atoms with E-state index in [0.717, 1.165) is 31.0 Å². The molecule has 1 aliphatic carbocycles. The number of hydrogen-bond acceptors (Lipinski definition) is 2. The van der Waals surface area contributed by atoms with Gasteiger partial charge in [-0.2, -0.15) is 12.7 Å². The highest BCUT2D eigenvalue weighted by molar-refractivity contribution is 9.09. The summed E-state index contributed by atoms with van der Waals surface area (Å²) in [5.41, 5.74) is 0. The van der Waals surface area contributed by atoms with Gasteiger partial charge >= 0.3 is 0 Å². The Morgan fingerprint density at radius 3 is 2.58 bits per heavy atom. The summed E-state index contributed by atoms with van der Waals surface area (Å²) in [5.74, 6) is 1.12. The second-order valence-electron chi connectivity index (χ2n) is 5.91. The number of nitrogens with zero attached hydrogens (tertiary/aromatic N) is 1. The SMILES string of the molecule is CC1CCCCN1S(=O)(=O)NCC1CCCC1CBr. The van der Waals surface area contributed by atoms with Gasteiger partial charge in [0.1, 0.15) is 0 Å². The van der Waals surface area contributed by atoms with Crippen molar-refractivity contribution >= 4 is 26.1 Å². The van der Waals surface area contributed by atoms with E-state index in [2.05, 4.69) is 20.7 Å². The summed E-state index contributed by atoms with van der Waals surface area (Å²) < 4.78 is 29.2. The third kappa shape index (κ3) is 3.93. The largest absolute Gasteiger partial charge is 0.279 e. The fourth-order valence-corrected chi connectivity index (χ4v) is 5.70. The first-order valence-electron chi connectivity index (χ1n) is 7.37. The molecule has 0 aromatic heterocycles. The zero-order valence-corrected chi connectivity index (χ0v) is 14.0. The van der Waals surface area contributed by atoms with E-state index < -0.39 is 10.2 Å². The van der Waals surface area contributed by atoms with Crippen LogP contribution in [-0.2, 0) is 10.2 Å². The van der Waals surface area contributed by atoms with Crippen LogP contribution in [0.25, 0.3) is 0 Å². The molecule has 1 saturated carbocycles. The van der Waals surface area contributed by atoms with E-state index in [-0.39, 0.29) is 6.04 Å². The zero-order valence-electron chi connectivity index (χ0n) is 11.6. The van der Waals surface area contributed by atoms with Crippen molar-refractivity contribution in [1.29, 1.82) is 0 Å². The first kappa shape index (κ1) is 15.7. The Morgan fingerprint density at radius 1 is 1.16 bits per heavy atom. The first-order chi connectivity index (χ1) is 9.04. The second-order valence-corrected chi connectivity index (χ2v) is 8.27. The highest BCUT2D eigenvalue weighted by atomic mass is 79.9. The van der Waals surface area contributed by atoms with Crippen molar-refractivity contribution in [3.05, 3.63) is 0 Å². The molecular formula is C13H25BrN2O2S. The van der Waals surface area contributed by atoms with Gasteiger partial charge in [-0.25, -0.2) is 4.72 Å². The number of alkyl halides is 1. The average molecular weight is 353 g/mol. The highest BCUT2D eigenvalue weighted by Crippen LogP contribution is 2.32. The Labute approximate surface area is 125 Å². The van der Waals surface area contributed by atoms with Crippen molar-refractivity contribution in [2.45, 2.75) is 51.5 Å². The molecule has 0 aromatic carbocycles. The van der Waals surface area contributed by atoms with Gasteiger partial charge in [-0.1, -0.05) is 28.8 Å². The topological polar surface area (TPSA) is 49.4 Å². The van der Waals surface area contributed by atoms with E-state index in [4.69, 9.17) is 0 Å². The predicted octanol–water partition coefficient (Wildman–Crippen LogP) is 2.51. The Morgan fingerprint density at radius 2 is 1.89 bits per heavy atom. The normalized spacial score (nSPS) is 33.7. The maximum absolute atomic E-state index is 12.4. The molecule has 112 valence electrons. The van der Waals surface area contributed by atoms with E-state index in [1.807, 2.05) is 6.92 Å². The fourth-order valence-electron chi connectivity index (χ4n) is 3.31. The van der Waals surface area contributed by atoms with Crippen molar-refractivity contribution in [2.75, 3.05) is 18.4 Å². The summed E-state index contributed by atoms with van der Waals surface area (Å²) >= 11 is 3.54. The third-order valence-electron chi connectivity index (χ3n) is 4.59. The van der Waals surface area contributed by atoms with Crippen molar-refractivity contribution in [2.24, 2.45) is 11.8 Å². The van der Waals surface area contributed by atoms with Crippen LogP contribution in [0.1, 0.15) is 45.4 Å². The fraction of sp³-hybridized carbons (Fsp3) is 1.00. The molecule has 0 amide bonds. The van der Waals surface area contributed by atoms with Gasteiger partial charge in [0.25, 0.3) is 10.2 Å². The average Bonchev–Trinajstić information content (AvgIpc) is 2.84. The summed E-state index contributed by atoms with van der Waals surface area (Å²) in [5, 5.41) is 0.986. The molecule has 0 radical (unpaired) electrons. The summed E-state index contributed by atoms with van der Waals surface area (Å²) in [6.45, 7) is 3.28. The van der Waals surface area contributed by atoms with Crippen LogP contribution >= 0.6 is 15.9 Å². The third-order valence-corrected chi connectivity index (χ3v) is 7.12. The van der Waals surface area contributed by atoms with E-state index in [1.165, 1.54) is 12.8 Å². The Balaban J connectivity index is 1.90. The lowest BCUT2D eigenvalue weighted by Gasteiger charge is -2.32. The monoisotopic (exact) mass is 352 g/mol. The smallest absolute Gasteiger partial charge is 0.202 e. The number of hydrogen-bond donors (Lipinski definition) is 1. The molecule has 2 fully saturated rings. The van der Waals surface area contributed by atoms with Crippen molar-refractivity contribution in [1.82, 2.24) is 9.03 Å². The Kier molecular flexibility index (Phi) is 5.69. The second kappa shape index (κ2) is 6.87.